The lowest BCUT2D eigenvalue weighted by molar-refractivity contribution is 0.305. The van der Waals surface area contributed by atoms with E-state index in [9.17, 15) is 4.39 Å². The molecule has 1 aromatic rings. The zero-order valence-corrected chi connectivity index (χ0v) is 12.6. The van der Waals surface area contributed by atoms with Crippen molar-refractivity contribution in [3.8, 4) is 0 Å². The van der Waals surface area contributed by atoms with E-state index < -0.39 is 9.33 Å². The number of rotatable bonds is 1. The average molecular weight is 323 g/mol. The fourth-order valence-electron chi connectivity index (χ4n) is 3.35. The van der Waals surface area contributed by atoms with E-state index in [-0.39, 0.29) is 11.7 Å². The van der Waals surface area contributed by atoms with E-state index in [0.29, 0.717) is 12.2 Å². The lowest BCUT2D eigenvalue weighted by Crippen LogP contribution is -2.40. The highest BCUT2D eigenvalue weighted by Gasteiger charge is 2.60. The summed E-state index contributed by atoms with van der Waals surface area (Å²) in [7, 11) is 0. The zero-order valence-electron chi connectivity index (χ0n) is 10.4. The van der Waals surface area contributed by atoms with Crippen LogP contribution >= 0.6 is 34.8 Å². The maximum absolute atomic E-state index is 14.0. The van der Waals surface area contributed by atoms with Gasteiger partial charge in [0.25, 0.3) is 0 Å². The number of nitrogens with zero attached hydrogens (tertiary/aromatic N) is 1. The van der Waals surface area contributed by atoms with Crippen LogP contribution in [0.25, 0.3) is 0 Å². The third-order valence-electron chi connectivity index (χ3n) is 4.30. The van der Waals surface area contributed by atoms with Crippen LogP contribution < -0.4 is 4.90 Å². The molecule has 19 heavy (non-hydrogen) atoms. The summed E-state index contributed by atoms with van der Waals surface area (Å²) >= 11 is 19.8. The molecule has 1 saturated carbocycles. The SMILES string of the molecule is Fc1ccccc1N1CC2(Cl)CCCCC2C1(Cl)Cl. The molecule has 1 nitrogen and oxygen atoms in total. The van der Waals surface area contributed by atoms with Crippen LogP contribution in [0, 0.1) is 11.7 Å². The van der Waals surface area contributed by atoms with E-state index in [1.165, 1.54) is 6.07 Å². The molecule has 1 aliphatic heterocycles. The predicted molar refractivity (Wildman–Crippen MR) is 78.7 cm³/mol. The first-order chi connectivity index (χ1) is 8.95. The molecule has 0 spiro atoms. The number of alkyl halides is 3. The van der Waals surface area contributed by atoms with Crippen molar-refractivity contribution in [3.05, 3.63) is 30.1 Å². The molecule has 2 atom stereocenters. The van der Waals surface area contributed by atoms with Gasteiger partial charge in [-0.1, -0.05) is 48.2 Å². The molecule has 2 aliphatic rings. The molecule has 0 aromatic heterocycles. The Hall–Kier alpha value is -0.180. The van der Waals surface area contributed by atoms with Gasteiger partial charge in [0.15, 0.2) is 4.46 Å². The van der Waals surface area contributed by atoms with Gasteiger partial charge in [0.05, 0.1) is 10.6 Å². The maximum Gasteiger partial charge on any atom is 0.195 e. The summed E-state index contributed by atoms with van der Waals surface area (Å²) in [6, 6.07) is 6.56. The van der Waals surface area contributed by atoms with E-state index in [1.807, 2.05) is 0 Å². The molecule has 104 valence electrons. The molecule has 2 fully saturated rings. The quantitative estimate of drug-likeness (QED) is 0.522. The third-order valence-corrected chi connectivity index (χ3v) is 5.81. The third kappa shape index (κ3) is 2.12. The van der Waals surface area contributed by atoms with Gasteiger partial charge < -0.3 is 4.90 Å². The maximum atomic E-state index is 14.0. The van der Waals surface area contributed by atoms with Crippen LogP contribution in [-0.4, -0.2) is 15.9 Å². The summed E-state index contributed by atoms with van der Waals surface area (Å²) in [5.74, 6) is -0.342. The average Bonchev–Trinajstić information content (AvgIpc) is 2.58. The monoisotopic (exact) mass is 321 g/mol. The van der Waals surface area contributed by atoms with Gasteiger partial charge in [0.2, 0.25) is 0 Å². The number of hydrogen-bond acceptors (Lipinski definition) is 1. The fourth-order valence-corrected chi connectivity index (χ4v) is 4.92. The molecule has 1 heterocycles. The predicted octanol–water partition coefficient (Wildman–Crippen LogP) is 4.94. The van der Waals surface area contributed by atoms with Crippen LogP contribution in [0.1, 0.15) is 25.7 Å². The van der Waals surface area contributed by atoms with Gasteiger partial charge in [0.1, 0.15) is 5.82 Å². The summed E-state index contributed by atoms with van der Waals surface area (Å²) in [5, 5.41) is 0. The van der Waals surface area contributed by atoms with Crippen LogP contribution in [0.2, 0.25) is 0 Å². The molecular formula is C14H15Cl3FN. The van der Waals surface area contributed by atoms with E-state index in [2.05, 4.69) is 0 Å². The Morgan fingerprint density at radius 2 is 1.89 bits per heavy atom. The second-order valence-electron chi connectivity index (χ2n) is 5.46. The Kier molecular flexibility index (Phi) is 3.40. The number of hydrogen-bond donors (Lipinski definition) is 0. The van der Waals surface area contributed by atoms with Crippen molar-refractivity contribution < 1.29 is 4.39 Å². The summed E-state index contributed by atoms with van der Waals surface area (Å²) in [4.78, 5) is 1.28. The van der Waals surface area contributed by atoms with Gasteiger partial charge in [-0.15, -0.1) is 11.6 Å². The van der Waals surface area contributed by atoms with Gasteiger partial charge >= 0.3 is 0 Å². The highest BCUT2D eigenvalue weighted by Crippen LogP contribution is 2.57. The van der Waals surface area contributed by atoms with Gasteiger partial charge in [-0.25, -0.2) is 4.39 Å². The molecule has 0 radical (unpaired) electrons. The Morgan fingerprint density at radius 1 is 1.16 bits per heavy atom. The molecule has 0 amide bonds. The van der Waals surface area contributed by atoms with Crippen LogP contribution in [0.15, 0.2) is 24.3 Å². The normalized spacial score (nSPS) is 33.3. The smallest absolute Gasteiger partial charge is 0.195 e. The first-order valence-electron chi connectivity index (χ1n) is 6.54. The molecule has 0 bridgehead atoms. The van der Waals surface area contributed by atoms with Gasteiger partial charge in [0, 0.05) is 12.5 Å². The van der Waals surface area contributed by atoms with Crippen LogP contribution in [0.5, 0.6) is 0 Å². The van der Waals surface area contributed by atoms with E-state index in [1.54, 1.807) is 23.1 Å². The Morgan fingerprint density at radius 3 is 2.58 bits per heavy atom. The summed E-state index contributed by atoms with van der Waals surface area (Å²) in [5.41, 5.74) is 0.432. The second kappa shape index (κ2) is 4.68. The Bertz CT molecular complexity index is 493. The number of halogens is 4. The summed E-state index contributed by atoms with van der Waals surface area (Å²) in [6.07, 6.45) is 3.92. The minimum absolute atomic E-state index is 0.0293. The van der Waals surface area contributed by atoms with E-state index in [0.717, 1.165) is 25.7 Å². The second-order valence-corrected chi connectivity index (χ2v) is 7.56. The molecule has 3 rings (SSSR count). The molecule has 1 saturated heterocycles. The molecule has 1 aliphatic carbocycles. The molecule has 2 unspecified atom stereocenters. The van der Waals surface area contributed by atoms with Crippen molar-refractivity contribution in [3.63, 3.8) is 0 Å². The van der Waals surface area contributed by atoms with Crippen LogP contribution in [-0.2, 0) is 0 Å². The van der Waals surface area contributed by atoms with Crippen molar-refractivity contribution in [1.29, 1.82) is 0 Å². The van der Waals surface area contributed by atoms with E-state index >= 15 is 0 Å². The summed E-state index contributed by atoms with van der Waals surface area (Å²) in [6.45, 7) is 0.493. The number of fused-ring (bicyclic) bond motifs is 1. The Labute approximate surface area is 127 Å². The van der Waals surface area contributed by atoms with E-state index in [4.69, 9.17) is 34.8 Å². The van der Waals surface area contributed by atoms with Crippen molar-refractivity contribution >= 4 is 40.5 Å². The zero-order chi connectivity index (χ0) is 13.7. The highest BCUT2D eigenvalue weighted by atomic mass is 35.5. The molecule has 1 aromatic carbocycles. The highest BCUT2D eigenvalue weighted by molar-refractivity contribution is 6.51. The first-order valence-corrected chi connectivity index (χ1v) is 7.67. The van der Waals surface area contributed by atoms with Crippen molar-refractivity contribution in [2.75, 3.05) is 11.4 Å². The minimum atomic E-state index is -1.13. The van der Waals surface area contributed by atoms with Crippen LogP contribution in [0.3, 0.4) is 0 Å². The fraction of sp³-hybridized carbons (Fsp3) is 0.571. The standard InChI is InChI=1S/C14H15Cl3FN/c15-13-8-4-3-7-12(13)14(16,17)19(9-13)11-6-2-1-5-10(11)18/h1-2,5-6,12H,3-4,7-9H2. The van der Waals surface area contributed by atoms with Gasteiger partial charge in [-0.3, -0.25) is 0 Å². The topological polar surface area (TPSA) is 3.24 Å². The van der Waals surface area contributed by atoms with Crippen molar-refractivity contribution in [1.82, 2.24) is 0 Å². The molecule has 0 N–H and O–H groups in total. The largest absolute Gasteiger partial charge is 0.336 e. The summed E-state index contributed by atoms with van der Waals surface area (Å²) < 4.78 is 12.9. The number of benzene rings is 1. The lowest BCUT2D eigenvalue weighted by Gasteiger charge is -2.36. The first kappa shape index (κ1) is 13.8. The minimum Gasteiger partial charge on any atom is -0.336 e. The van der Waals surface area contributed by atoms with Crippen LogP contribution in [0.4, 0.5) is 10.1 Å². The van der Waals surface area contributed by atoms with Gasteiger partial charge in [-0.2, -0.15) is 0 Å². The lowest BCUT2D eigenvalue weighted by atomic mass is 9.81. The number of anilines is 1. The van der Waals surface area contributed by atoms with Gasteiger partial charge in [-0.05, 0) is 25.0 Å². The number of para-hydroxylation sites is 1. The van der Waals surface area contributed by atoms with Crippen molar-refractivity contribution in [2.24, 2.45) is 5.92 Å². The molecule has 5 heteroatoms. The van der Waals surface area contributed by atoms with Crippen molar-refractivity contribution in [2.45, 2.75) is 35.0 Å². The molecular weight excluding hydrogens is 308 g/mol. The Balaban J connectivity index is 2.02.